The molecule has 0 aliphatic rings. The number of nitrogens with one attached hydrogen (secondary N) is 2. The van der Waals surface area contributed by atoms with Crippen LogP contribution in [-0.4, -0.2) is 36.5 Å². The maximum atomic E-state index is 13.6. The van der Waals surface area contributed by atoms with E-state index in [1.807, 2.05) is 6.92 Å². The highest BCUT2D eigenvalue weighted by Crippen LogP contribution is 2.33. The summed E-state index contributed by atoms with van der Waals surface area (Å²) in [4.78, 5) is 33.7. The van der Waals surface area contributed by atoms with Crippen LogP contribution in [0.15, 0.2) is 79.6 Å². The number of carbonyl (C=O) groups excluding carboxylic acids is 2. The number of carbonyl (C=O) groups is 2. The number of hydrogen-bond donors (Lipinski definition) is 2. The molecule has 0 aliphatic carbocycles. The molecule has 0 saturated heterocycles. The average Bonchev–Trinajstić information content (AvgIpc) is 3.62. The van der Waals surface area contributed by atoms with Crippen LogP contribution < -0.4 is 10.6 Å². The molecular formula is C32H27F3N6O3. The largest absolute Gasteiger partial charge is 0.444 e. The van der Waals surface area contributed by atoms with E-state index in [0.717, 1.165) is 17.7 Å². The number of alkyl halides is 3. The number of nitrogens with zero attached hydrogens (tertiary/aromatic N) is 4. The molecule has 0 spiro atoms. The number of hydrogen-bond acceptors (Lipinski definition) is 5. The Morgan fingerprint density at radius 3 is 2.48 bits per heavy atom. The highest BCUT2D eigenvalue weighted by Gasteiger charge is 2.31. The van der Waals surface area contributed by atoms with Gasteiger partial charge >= 0.3 is 12.3 Å². The van der Waals surface area contributed by atoms with E-state index in [2.05, 4.69) is 32.4 Å². The van der Waals surface area contributed by atoms with Crippen molar-refractivity contribution in [2.24, 2.45) is 0 Å². The van der Waals surface area contributed by atoms with Gasteiger partial charge in [0.15, 0.2) is 5.65 Å². The van der Waals surface area contributed by atoms with Gasteiger partial charge in [0.05, 0.1) is 23.8 Å². The molecule has 0 bridgehead atoms. The van der Waals surface area contributed by atoms with E-state index < -0.39 is 29.3 Å². The van der Waals surface area contributed by atoms with Gasteiger partial charge < -0.3 is 14.6 Å². The third-order valence-corrected chi connectivity index (χ3v) is 6.30. The Morgan fingerprint density at radius 1 is 0.977 bits per heavy atom. The lowest BCUT2D eigenvalue weighted by atomic mass is 10.0. The highest BCUT2D eigenvalue weighted by molar-refractivity contribution is 6.04. The van der Waals surface area contributed by atoms with Gasteiger partial charge in [0.25, 0.3) is 5.91 Å². The molecule has 0 saturated carbocycles. The molecular weight excluding hydrogens is 573 g/mol. The van der Waals surface area contributed by atoms with Gasteiger partial charge in [-0.2, -0.15) is 13.2 Å². The van der Waals surface area contributed by atoms with Crippen LogP contribution >= 0.6 is 0 Å². The van der Waals surface area contributed by atoms with Gasteiger partial charge in [-0.25, -0.2) is 14.8 Å². The summed E-state index contributed by atoms with van der Waals surface area (Å²) in [7, 11) is 0. The lowest BCUT2D eigenvalue weighted by Gasteiger charge is -2.19. The van der Waals surface area contributed by atoms with Crippen molar-refractivity contribution in [1.82, 2.24) is 18.9 Å². The van der Waals surface area contributed by atoms with Crippen molar-refractivity contribution in [3.05, 3.63) is 108 Å². The zero-order valence-electron chi connectivity index (χ0n) is 24.2. The summed E-state index contributed by atoms with van der Waals surface area (Å²) in [5.41, 5.74) is 1.56. The van der Waals surface area contributed by atoms with Crippen LogP contribution in [0.5, 0.6) is 0 Å². The first-order valence-corrected chi connectivity index (χ1v) is 13.4. The molecule has 5 rings (SSSR count). The van der Waals surface area contributed by atoms with Gasteiger partial charge in [-0.05, 0) is 81.6 Å². The number of benzene rings is 2. The zero-order chi connectivity index (χ0) is 31.6. The molecule has 12 heteroatoms. The van der Waals surface area contributed by atoms with Crippen molar-refractivity contribution in [1.29, 1.82) is 0 Å². The second kappa shape index (κ2) is 11.6. The maximum Gasteiger partial charge on any atom is 0.416 e. The Morgan fingerprint density at radius 2 is 1.77 bits per heavy atom. The van der Waals surface area contributed by atoms with E-state index in [-0.39, 0.29) is 16.9 Å². The van der Waals surface area contributed by atoms with E-state index >= 15 is 0 Å². The number of ether oxygens (including phenoxy) is 1. The van der Waals surface area contributed by atoms with Crippen molar-refractivity contribution in [3.63, 3.8) is 0 Å². The molecule has 0 aliphatic heterocycles. The molecule has 44 heavy (non-hydrogen) atoms. The molecule has 3 heterocycles. The summed E-state index contributed by atoms with van der Waals surface area (Å²) in [6.45, 7) is 7.12. The van der Waals surface area contributed by atoms with E-state index in [0.29, 0.717) is 22.6 Å². The monoisotopic (exact) mass is 600 g/mol. The fourth-order valence-electron chi connectivity index (χ4n) is 4.25. The topological polar surface area (TPSA) is 103 Å². The number of imidazole rings is 2. The predicted octanol–water partition coefficient (Wildman–Crippen LogP) is 6.85. The Kier molecular flexibility index (Phi) is 7.89. The first kappa shape index (κ1) is 29.9. The standard InChI is InChI=1S/C32H27F3N6O3/c1-20-7-8-22(29(42)38-24-15-23(32(33,34)35)16-26(17-24)40-13-11-36-19-40)14-21(20)9-10-25-18-37-28-27(6-5-12-41(25)28)39-30(43)44-31(2,3)4/h5-8,11-19H,1-4H3,(H,38,42)(H,39,43). The molecule has 2 amide bonds. The molecule has 0 atom stereocenters. The van der Waals surface area contributed by atoms with Crippen LogP contribution in [0.3, 0.4) is 0 Å². The average molecular weight is 601 g/mol. The van der Waals surface area contributed by atoms with Crippen LogP contribution in [0.1, 0.15) is 53.5 Å². The summed E-state index contributed by atoms with van der Waals surface area (Å²) >= 11 is 0. The summed E-state index contributed by atoms with van der Waals surface area (Å²) in [5, 5.41) is 5.27. The van der Waals surface area contributed by atoms with Crippen LogP contribution in [-0.2, 0) is 10.9 Å². The minimum Gasteiger partial charge on any atom is -0.444 e. The van der Waals surface area contributed by atoms with Gasteiger partial charge in [0.1, 0.15) is 11.3 Å². The molecule has 5 aromatic rings. The maximum absolute atomic E-state index is 13.6. The fraction of sp³-hybridized carbons (Fsp3) is 0.188. The molecule has 0 unspecified atom stereocenters. The van der Waals surface area contributed by atoms with Gasteiger partial charge in [-0.15, -0.1) is 0 Å². The Hall–Kier alpha value is -5.57. The highest BCUT2D eigenvalue weighted by atomic mass is 19.4. The molecule has 9 nitrogen and oxygen atoms in total. The van der Waals surface area contributed by atoms with Crippen molar-refractivity contribution in [3.8, 4) is 17.5 Å². The van der Waals surface area contributed by atoms with E-state index in [4.69, 9.17) is 4.74 Å². The quantitative estimate of drug-likeness (QED) is 0.220. The minimum absolute atomic E-state index is 0.0248. The molecule has 3 aromatic heterocycles. The fourth-order valence-corrected chi connectivity index (χ4v) is 4.25. The van der Waals surface area contributed by atoms with Crippen molar-refractivity contribution < 1.29 is 27.5 Å². The first-order valence-electron chi connectivity index (χ1n) is 13.4. The Labute approximate surface area is 250 Å². The normalized spacial score (nSPS) is 11.5. The smallest absolute Gasteiger partial charge is 0.416 e. The second-order valence-electron chi connectivity index (χ2n) is 10.9. The van der Waals surface area contributed by atoms with Gasteiger partial charge in [-0.1, -0.05) is 12.0 Å². The van der Waals surface area contributed by atoms with Crippen LogP contribution in [0, 0.1) is 18.8 Å². The SMILES string of the molecule is Cc1ccc(C(=O)Nc2cc(-n3ccnc3)cc(C(F)(F)F)c2)cc1C#Cc1cnc2c(NC(=O)OC(C)(C)C)cccn12. The zero-order valence-corrected chi connectivity index (χ0v) is 24.2. The molecule has 0 fully saturated rings. The third kappa shape index (κ3) is 6.90. The number of fused-ring (bicyclic) bond motifs is 1. The van der Waals surface area contributed by atoms with Crippen LogP contribution in [0.25, 0.3) is 11.3 Å². The van der Waals surface area contributed by atoms with Crippen molar-refractivity contribution in [2.75, 3.05) is 10.6 Å². The summed E-state index contributed by atoms with van der Waals surface area (Å²) in [6, 6.07) is 11.6. The molecule has 224 valence electrons. The molecule has 2 aromatic carbocycles. The van der Waals surface area contributed by atoms with Crippen molar-refractivity contribution >= 4 is 29.0 Å². The van der Waals surface area contributed by atoms with E-state index in [1.54, 1.807) is 67.9 Å². The number of pyridine rings is 1. The van der Waals surface area contributed by atoms with E-state index in [9.17, 15) is 22.8 Å². The number of rotatable bonds is 4. The van der Waals surface area contributed by atoms with Gasteiger partial charge in [-0.3, -0.25) is 14.5 Å². The number of amides is 2. The Balaban J connectivity index is 1.40. The lowest BCUT2D eigenvalue weighted by Crippen LogP contribution is -2.27. The summed E-state index contributed by atoms with van der Waals surface area (Å²) < 4.78 is 49.2. The van der Waals surface area contributed by atoms with Crippen LogP contribution in [0.2, 0.25) is 0 Å². The lowest BCUT2D eigenvalue weighted by molar-refractivity contribution is -0.137. The predicted molar refractivity (Wildman–Crippen MR) is 159 cm³/mol. The van der Waals surface area contributed by atoms with Gasteiger partial charge in [0.2, 0.25) is 0 Å². The number of aromatic nitrogens is 4. The van der Waals surface area contributed by atoms with E-state index in [1.165, 1.54) is 29.4 Å². The number of anilines is 2. The first-order chi connectivity index (χ1) is 20.8. The minimum atomic E-state index is -4.62. The van der Waals surface area contributed by atoms with Gasteiger partial charge in [0, 0.05) is 41.1 Å². The van der Waals surface area contributed by atoms with Crippen LogP contribution in [0.4, 0.5) is 29.3 Å². The third-order valence-electron chi connectivity index (χ3n) is 6.30. The molecule has 0 radical (unpaired) electrons. The van der Waals surface area contributed by atoms with Crippen molar-refractivity contribution in [2.45, 2.75) is 39.5 Å². The number of halogens is 3. The number of aryl methyl sites for hydroxylation is 1. The molecule has 2 N–H and O–H groups in total. The Bertz CT molecular complexity index is 1930. The summed E-state index contributed by atoms with van der Waals surface area (Å²) in [5.74, 6) is 5.50. The second-order valence-corrected chi connectivity index (χ2v) is 10.9. The summed E-state index contributed by atoms with van der Waals surface area (Å²) in [6.07, 6.45) is 2.39.